The van der Waals surface area contributed by atoms with Crippen molar-refractivity contribution in [3.05, 3.63) is 0 Å². The maximum atomic E-state index is 7.57. The summed E-state index contributed by atoms with van der Waals surface area (Å²) in [5, 5.41) is 14.1. The van der Waals surface area contributed by atoms with Gasteiger partial charge in [-0.1, -0.05) is 34.1 Å². The number of hydrogen-bond acceptors (Lipinski definition) is 6. The number of hydroxylamine groups is 1. The van der Waals surface area contributed by atoms with Crippen LogP contribution < -0.4 is 21.8 Å². The summed E-state index contributed by atoms with van der Waals surface area (Å²) < 4.78 is 0. The zero-order chi connectivity index (χ0) is 17.9. The third kappa shape index (κ3) is 73.0. The minimum Gasteiger partial charge on any atom is -0.397 e. The maximum Gasteiger partial charge on any atom is 0.0572 e. The Morgan fingerprint density at radius 1 is 0.864 bits per heavy atom. The van der Waals surface area contributed by atoms with Crippen molar-refractivity contribution in [2.45, 2.75) is 53.9 Å². The summed E-state index contributed by atoms with van der Waals surface area (Å²) in [6.07, 6.45) is 3.45. The van der Waals surface area contributed by atoms with Crippen LogP contribution in [0.5, 0.6) is 0 Å². The summed E-state index contributed by atoms with van der Waals surface area (Å²) >= 11 is 0. The summed E-state index contributed by atoms with van der Waals surface area (Å²) in [7, 11) is 1.59. The first-order chi connectivity index (χ1) is 10.7. The van der Waals surface area contributed by atoms with E-state index in [1.807, 2.05) is 0 Å². The van der Waals surface area contributed by atoms with Crippen molar-refractivity contribution in [1.82, 2.24) is 16.1 Å². The third-order valence-corrected chi connectivity index (χ3v) is 1.83. The molecule has 0 aliphatic heterocycles. The Balaban J connectivity index is -0.000000110. The number of nitrogens with one attached hydrogen (secondary N) is 3. The van der Waals surface area contributed by atoms with Crippen molar-refractivity contribution >= 4 is 0 Å². The van der Waals surface area contributed by atoms with Crippen LogP contribution in [-0.4, -0.2) is 58.1 Å². The molecule has 0 radical (unpaired) electrons. The first-order valence-corrected chi connectivity index (χ1v) is 8.64. The third-order valence-electron chi connectivity index (χ3n) is 1.83. The lowest BCUT2D eigenvalue weighted by Gasteiger charge is -2.00. The van der Waals surface area contributed by atoms with Crippen LogP contribution in [0.3, 0.4) is 0 Å². The van der Waals surface area contributed by atoms with Crippen molar-refractivity contribution in [3.8, 4) is 0 Å². The molecule has 6 N–H and O–H groups in total. The van der Waals surface area contributed by atoms with Crippen LogP contribution in [0.1, 0.15) is 53.9 Å². The highest BCUT2D eigenvalue weighted by molar-refractivity contribution is 4.47. The summed E-state index contributed by atoms with van der Waals surface area (Å²) in [5.41, 5.74) is 7.84. The molecule has 0 unspecified atom stereocenters. The van der Waals surface area contributed by atoms with E-state index in [9.17, 15) is 0 Å². The van der Waals surface area contributed by atoms with E-state index in [-0.39, 0.29) is 6.61 Å². The van der Waals surface area contributed by atoms with E-state index in [2.05, 4.69) is 48.6 Å². The maximum absolute atomic E-state index is 7.57. The zero-order valence-electron chi connectivity index (χ0n) is 16.0. The van der Waals surface area contributed by atoms with Crippen LogP contribution in [0.25, 0.3) is 0 Å². The number of rotatable bonds is 10. The van der Waals surface area contributed by atoms with Gasteiger partial charge in [0.1, 0.15) is 0 Å². The van der Waals surface area contributed by atoms with Crippen LogP contribution >= 0.6 is 0 Å². The SMILES string of the molecule is CCC.CCNCCCNCC.CCO.CONCCCN. The highest BCUT2D eigenvalue weighted by atomic mass is 16.6. The first-order valence-electron chi connectivity index (χ1n) is 8.64. The van der Waals surface area contributed by atoms with Crippen molar-refractivity contribution < 1.29 is 9.94 Å². The highest BCUT2D eigenvalue weighted by Gasteiger charge is 1.82. The lowest BCUT2D eigenvalue weighted by atomic mass is 10.4. The second-order valence-corrected chi connectivity index (χ2v) is 4.32. The molecule has 0 spiro atoms. The van der Waals surface area contributed by atoms with E-state index in [0.717, 1.165) is 45.7 Å². The molecule has 0 aromatic heterocycles. The Labute approximate surface area is 139 Å². The minimum atomic E-state index is 0.250. The number of aliphatic hydroxyl groups excluding tert-OH is 1. The van der Waals surface area contributed by atoms with E-state index in [1.54, 1.807) is 14.0 Å². The monoisotopic (exact) mass is 324 g/mol. The van der Waals surface area contributed by atoms with E-state index >= 15 is 0 Å². The summed E-state index contributed by atoms with van der Waals surface area (Å²) in [6.45, 7) is 16.5. The molecule has 0 aromatic carbocycles. The molecule has 0 bridgehead atoms. The highest BCUT2D eigenvalue weighted by Crippen LogP contribution is 1.71. The molecule has 140 valence electrons. The first kappa shape index (κ1) is 29.7. The Morgan fingerprint density at radius 3 is 1.55 bits per heavy atom. The van der Waals surface area contributed by atoms with Crippen LogP contribution in [0.15, 0.2) is 0 Å². The average Bonchev–Trinajstić information content (AvgIpc) is 2.50. The van der Waals surface area contributed by atoms with Gasteiger partial charge in [0, 0.05) is 13.2 Å². The normalized spacial score (nSPS) is 8.73. The molecule has 0 atom stereocenters. The standard InChI is InChI=1S/C7H18N2.C4H12N2O.C3H8.C2H6O/c1-3-8-6-5-7-9-4-2;1-7-6-4-2-3-5;1-3-2;1-2-3/h8-9H,3-7H2,1-2H3;6H,2-5H2,1H3;3H2,1-2H3;3H,2H2,1H3. The van der Waals surface area contributed by atoms with E-state index in [1.165, 1.54) is 12.8 Å². The van der Waals surface area contributed by atoms with Gasteiger partial charge >= 0.3 is 0 Å². The largest absolute Gasteiger partial charge is 0.397 e. The molecule has 0 fully saturated rings. The van der Waals surface area contributed by atoms with Gasteiger partial charge in [0.15, 0.2) is 0 Å². The van der Waals surface area contributed by atoms with E-state index < -0.39 is 0 Å². The second kappa shape index (κ2) is 42.8. The van der Waals surface area contributed by atoms with Crippen molar-refractivity contribution in [3.63, 3.8) is 0 Å². The molecule has 0 saturated carbocycles. The number of aliphatic hydroxyl groups is 1. The molecule has 0 aliphatic rings. The summed E-state index contributed by atoms with van der Waals surface area (Å²) in [5.74, 6) is 0. The second-order valence-electron chi connectivity index (χ2n) is 4.32. The number of hydrogen-bond donors (Lipinski definition) is 5. The van der Waals surface area contributed by atoms with Gasteiger partial charge in [0.2, 0.25) is 0 Å². The predicted molar refractivity (Wildman–Crippen MR) is 99.1 cm³/mol. The summed E-state index contributed by atoms with van der Waals surface area (Å²) in [6, 6.07) is 0. The molecule has 0 saturated heterocycles. The fraction of sp³-hybridized carbons (Fsp3) is 1.00. The van der Waals surface area contributed by atoms with Crippen molar-refractivity contribution in [2.24, 2.45) is 5.73 Å². The Bertz CT molecular complexity index is 119. The molecule has 0 aromatic rings. The van der Waals surface area contributed by atoms with Crippen LogP contribution in [0.2, 0.25) is 0 Å². The van der Waals surface area contributed by atoms with Gasteiger partial charge in [-0.2, -0.15) is 0 Å². The minimum absolute atomic E-state index is 0.250. The quantitative estimate of drug-likeness (QED) is 0.309. The van der Waals surface area contributed by atoms with Crippen LogP contribution in [-0.2, 0) is 4.84 Å². The zero-order valence-corrected chi connectivity index (χ0v) is 16.0. The molecule has 6 heteroatoms. The van der Waals surface area contributed by atoms with Crippen LogP contribution in [0.4, 0.5) is 0 Å². The fourth-order valence-corrected chi connectivity index (χ4v) is 0.968. The van der Waals surface area contributed by atoms with E-state index in [4.69, 9.17) is 10.8 Å². The predicted octanol–water partition coefficient (Wildman–Crippen LogP) is 1.50. The molecular formula is C16H44N4O2. The number of nitrogens with two attached hydrogens (primary N) is 1. The van der Waals surface area contributed by atoms with Gasteiger partial charge in [-0.25, -0.2) is 5.48 Å². The van der Waals surface area contributed by atoms with Gasteiger partial charge in [0.25, 0.3) is 0 Å². The Morgan fingerprint density at radius 2 is 1.27 bits per heavy atom. The molecule has 6 nitrogen and oxygen atoms in total. The molecule has 0 heterocycles. The average molecular weight is 325 g/mol. The van der Waals surface area contributed by atoms with Gasteiger partial charge in [-0.3, -0.25) is 0 Å². The molecule has 0 rings (SSSR count). The van der Waals surface area contributed by atoms with Gasteiger partial charge in [0.05, 0.1) is 7.11 Å². The smallest absolute Gasteiger partial charge is 0.0572 e. The Hall–Kier alpha value is -0.240. The Kier molecular flexibility index (Phi) is 57.9. The lowest BCUT2D eigenvalue weighted by Crippen LogP contribution is -2.21. The van der Waals surface area contributed by atoms with Crippen LogP contribution in [0, 0.1) is 0 Å². The van der Waals surface area contributed by atoms with Gasteiger partial charge in [-0.15, -0.1) is 0 Å². The topological polar surface area (TPSA) is 91.6 Å². The van der Waals surface area contributed by atoms with Crippen molar-refractivity contribution in [1.29, 1.82) is 0 Å². The van der Waals surface area contributed by atoms with Crippen molar-refractivity contribution in [2.75, 3.05) is 53.0 Å². The summed E-state index contributed by atoms with van der Waals surface area (Å²) in [4.78, 5) is 4.54. The van der Waals surface area contributed by atoms with Gasteiger partial charge < -0.3 is 26.3 Å². The lowest BCUT2D eigenvalue weighted by molar-refractivity contribution is 0.0915. The molecule has 22 heavy (non-hydrogen) atoms. The van der Waals surface area contributed by atoms with Gasteiger partial charge in [-0.05, 0) is 52.5 Å². The molecule has 0 amide bonds. The molecular weight excluding hydrogens is 280 g/mol. The van der Waals surface area contributed by atoms with E-state index in [0.29, 0.717) is 0 Å². The molecule has 0 aliphatic carbocycles. The fourth-order valence-electron chi connectivity index (χ4n) is 0.968.